The lowest BCUT2D eigenvalue weighted by Crippen LogP contribution is -2.43. The maximum atomic E-state index is 13.5. The Balaban J connectivity index is 1.59. The monoisotopic (exact) mass is 357 g/mol. The van der Waals surface area contributed by atoms with Crippen LogP contribution in [-0.4, -0.2) is 30.6 Å². The highest BCUT2D eigenvalue weighted by Gasteiger charge is 2.34. The molecule has 0 saturated heterocycles. The normalized spacial score (nSPS) is 16.7. The van der Waals surface area contributed by atoms with E-state index in [4.69, 9.17) is 9.47 Å². The molecule has 0 saturated carbocycles. The van der Waals surface area contributed by atoms with Crippen molar-refractivity contribution in [2.45, 2.75) is 32.4 Å². The van der Waals surface area contributed by atoms with E-state index in [2.05, 4.69) is 0 Å². The van der Waals surface area contributed by atoms with Crippen molar-refractivity contribution in [3.8, 4) is 5.75 Å². The minimum Gasteiger partial charge on any atom is -0.479 e. The van der Waals surface area contributed by atoms with Gasteiger partial charge in [0, 0.05) is 11.7 Å². The van der Waals surface area contributed by atoms with E-state index in [1.807, 2.05) is 31.2 Å². The molecule has 5 nitrogen and oxygen atoms in total. The van der Waals surface area contributed by atoms with Crippen molar-refractivity contribution >= 4 is 17.6 Å². The molecule has 0 spiro atoms. The smallest absolute Gasteiger partial charge is 0.344 e. The zero-order valence-electron chi connectivity index (χ0n) is 14.6. The molecule has 2 atom stereocenters. The topological polar surface area (TPSA) is 55.8 Å². The molecule has 0 radical (unpaired) electrons. The van der Waals surface area contributed by atoms with Crippen LogP contribution in [0.4, 0.5) is 10.1 Å². The summed E-state index contributed by atoms with van der Waals surface area (Å²) in [6.45, 7) is 3.01. The van der Waals surface area contributed by atoms with E-state index in [-0.39, 0.29) is 17.7 Å². The number of para-hydroxylation sites is 2. The second-order valence-corrected chi connectivity index (χ2v) is 6.24. The van der Waals surface area contributed by atoms with Crippen molar-refractivity contribution in [1.29, 1.82) is 0 Å². The first-order chi connectivity index (χ1) is 12.5. The number of rotatable bonds is 5. The number of benzene rings is 2. The molecule has 3 rings (SSSR count). The van der Waals surface area contributed by atoms with Gasteiger partial charge in [-0.25, -0.2) is 9.18 Å². The van der Waals surface area contributed by atoms with E-state index >= 15 is 0 Å². The van der Waals surface area contributed by atoms with Crippen LogP contribution in [0.3, 0.4) is 0 Å². The summed E-state index contributed by atoms with van der Waals surface area (Å²) in [4.78, 5) is 26.3. The number of anilines is 1. The van der Waals surface area contributed by atoms with E-state index in [0.29, 0.717) is 0 Å². The van der Waals surface area contributed by atoms with Gasteiger partial charge in [0.15, 0.2) is 24.3 Å². The summed E-state index contributed by atoms with van der Waals surface area (Å²) in [6.07, 6.45) is -0.195. The fourth-order valence-electron chi connectivity index (χ4n) is 3.08. The molecule has 1 heterocycles. The minimum atomic E-state index is -0.958. The SMILES string of the molecule is C[C@@H]1Cc2ccccc2N1C(=O)[C@@H](C)OC(=O)COc1ccccc1F. The van der Waals surface area contributed by atoms with Crippen LogP contribution in [0.25, 0.3) is 0 Å². The Bertz CT molecular complexity index is 823. The Kier molecular flexibility index (Phi) is 5.21. The van der Waals surface area contributed by atoms with Crippen molar-refractivity contribution in [2.24, 2.45) is 0 Å². The van der Waals surface area contributed by atoms with Gasteiger partial charge < -0.3 is 14.4 Å². The van der Waals surface area contributed by atoms with Crippen molar-refractivity contribution in [3.05, 3.63) is 59.9 Å². The lowest BCUT2D eigenvalue weighted by atomic mass is 10.1. The van der Waals surface area contributed by atoms with Crippen molar-refractivity contribution in [3.63, 3.8) is 0 Å². The van der Waals surface area contributed by atoms with Gasteiger partial charge in [0.2, 0.25) is 0 Å². The van der Waals surface area contributed by atoms with Gasteiger partial charge in [-0.2, -0.15) is 0 Å². The average Bonchev–Trinajstić information content (AvgIpc) is 2.96. The van der Waals surface area contributed by atoms with Crippen LogP contribution in [0.1, 0.15) is 19.4 Å². The Morgan fingerprint density at radius 3 is 2.65 bits per heavy atom. The third-order valence-corrected chi connectivity index (χ3v) is 4.28. The van der Waals surface area contributed by atoms with Gasteiger partial charge in [-0.1, -0.05) is 30.3 Å². The first kappa shape index (κ1) is 17.9. The molecule has 2 aromatic carbocycles. The summed E-state index contributed by atoms with van der Waals surface area (Å²) in [5.41, 5.74) is 1.94. The van der Waals surface area contributed by atoms with E-state index in [1.165, 1.54) is 25.1 Å². The number of halogens is 1. The lowest BCUT2D eigenvalue weighted by molar-refractivity contribution is -0.155. The second kappa shape index (κ2) is 7.56. The summed E-state index contributed by atoms with van der Waals surface area (Å²) in [5, 5.41) is 0. The van der Waals surface area contributed by atoms with Crippen molar-refractivity contribution in [2.75, 3.05) is 11.5 Å². The third kappa shape index (κ3) is 3.69. The summed E-state index contributed by atoms with van der Waals surface area (Å²) >= 11 is 0. The molecular formula is C20H20FNO4. The van der Waals surface area contributed by atoms with Gasteiger partial charge in [0.25, 0.3) is 5.91 Å². The molecule has 0 aromatic heterocycles. The van der Waals surface area contributed by atoms with E-state index in [0.717, 1.165) is 17.7 Å². The molecule has 0 unspecified atom stereocenters. The number of fused-ring (bicyclic) bond motifs is 1. The Labute approximate surface area is 151 Å². The van der Waals surface area contributed by atoms with E-state index in [9.17, 15) is 14.0 Å². The standard InChI is InChI=1S/C20H20FNO4/c1-13-11-15-7-3-5-9-17(15)22(13)20(24)14(2)26-19(23)12-25-18-10-6-4-8-16(18)21/h3-10,13-14H,11-12H2,1-2H3/t13-,14-/m1/s1. The maximum absolute atomic E-state index is 13.5. The number of nitrogens with zero attached hydrogens (tertiary/aromatic N) is 1. The maximum Gasteiger partial charge on any atom is 0.344 e. The van der Waals surface area contributed by atoms with Crippen molar-refractivity contribution < 1.29 is 23.5 Å². The van der Waals surface area contributed by atoms with Gasteiger partial charge >= 0.3 is 5.97 Å². The molecule has 0 fully saturated rings. The first-order valence-corrected chi connectivity index (χ1v) is 8.45. The Morgan fingerprint density at radius 1 is 1.19 bits per heavy atom. The van der Waals surface area contributed by atoms with Gasteiger partial charge in [-0.3, -0.25) is 4.79 Å². The zero-order chi connectivity index (χ0) is 18.7. The number of ether oxygens (including phenoxy) is 2. The fraction of sp³-hybridized carbons (Fsp3) is 0.300. The lowest BCUT2D eigenvalue weighted by Gasteiger charge is -2.25. The summed E-state index contributed by atoms with van der Waals surface area (Å²) in [6, 6.07) is 13.4. The van der Waals surface area contributed by atoms with E-state index < -0.39 is 24.5 Å². The van der Waals surface area contributed by atoms with Crippen LogP contribution < -0.4 is 9.64 Å². The molecule has 136 valence electrons. The minimum absolute atomic E-state index is 0.00397. The summed E-state index contributed by atoms with van der Waals surface area (Å²) in [7, 11) is 0. The molecule has 0 aliphatic carbocycles. The fourth-order valence-corrected chi connectivity index (χ4v) is 3.08. The molecule has 6 heteroatoms. The predicted octanol–water partition coefficient (Wildman–Crippen LogP) is 3.11. The number of hydrogen-bond donors (Lipinski definition) is 0. The molecule has 0 N–H and O–H groups in total. The highest BCUT2D eigenvalue weighted by molar-refractivity contribution is 5.99. The Morgan fingerprint density at radius 2 is 1.88 bits per heavy atom. The number of hydrogen-bond acceptors (Lipinski definition) is 4. The van der Waals surface area contributed by atoms with Crippen LogP contribution in [0.2, 0.25) is 0 Å². The van der Waals surface area contributed by atoms with Crippen LogP contribution in [0.15, 0.2) is 48.5 Å². The average molecular weight is 357 g/mol. The molecule has 2 aromatic rings. The van der Waals surface area contributed by atoms with Crippen LogP contribution in [-0.2, 0) is 20.7 Å². The van der Waals surface area contributed by atoms with Crippen LogP contribution in [0, 0.1) is 5.82 Å². The molecule has 1 aliphatic rings. The summed E-state index contributed by atoms with van der Waals surface area (Å²) < 4.78 is 23.8. The quantitative estimate of drug-likeness (QED) is 0.772. The second-order valence-electron chi connectivity index (χ2n) is 6.24. The van der Waals surface area contributed by atoms with Gasteiger partial charge in [0.05, 0.1) is 0 Å². The highest BCUT2D eigenvalue weighted by Crippen LogP contribution is 2.32. The largest absolute Gasteiger partial charge is 0.479 e. The van der Waals surface area contributed by atoms with Crippen molar-refractivity contribution in [1.82, 2.24) is 0 Å². The molecule has 1 amide bonds. The van der Waals surface area contributed by atoms with Gasteiger partial charge in [-0.15, -0.1) is 0 Å². The highest BCUT2D eigenvalue weighted by atomic mass is 19.1. The first-order valence-electron chi connectivity index (χ1n) is 8.45. The zero-order valence-corrected chi connectivity index (χ0v) is 14.6. The molecule has 1 aliphatic heterocycles. The Hall–Kier alpha value is -2.89. The number of carbonyl (C=O) groups is 2. The molecule has 26 heavy (non-hydrogen) atoms. The number of esters is 1. The van der Waals surface area contributed by atoms with Gasteiger partial charge in [-0.05, 0) is 44.0 Å². The number of carbonyl (C=O) groups excluding carboxylic acids is 2. The summed E-state index contributed by atoms with van der Waals surface area (Å²) in [5.74, 6) is -1.62. The molecular weight excluding hydrogens is 337 g/mol. The van der Waals surface area contributed by atoms with Crippen LogP contribution >= 0.6 is 0 Å². The van der Waals surface area contributed by atoms with Crippen LogP contribution in [0.5, 0.6) is 5.75 Å². The third-order valence-electron chi connectivity index (χ3n) is 4.28. The number of amides is 1. The van der Waals surface area contributed by atoms with Gasteiger partial charge in [0.1, 0.15) is 0 Å². The molecule has 0 bridgehead atoms. The predicted molar refractivity (Wildman–Crippen MR) is 94.5 cm³/mol. The van der Waals surface area contributed by atoms with E-state index in [1.54, 1.807) is 11.0 Å².